The largest absolute Gasteiger partial charge is 0.244 e. The Morgan fingerprint density at radius 3 is 2.75 bits per heavy atom. The first-order valence-corrected chi connectivity index (χ1v) is 6.65. The molecule has 1 unspecified atom stereocenters. The van der Waals surface area contributed by atoms with Crippen molar-refractivity contribution in [2.45, 2.75) is 70.6 Å². The second-order valence-corrected chi connectivity index (χ2v) is 5.06. The fraction of sp³-hybridized carbons (Fsp3) is 0.846. The number of unbranched alkanes of at least 4 members (excludes halogenated alkanes) is 3. The highest BCUT2D eigenvalue weighted by Crippen LogP contribution is 2.42. The zero-order valence-electron chi connectivity index (χ0n) is 10.4. The van der Waals surface area contributed by atoms with Crippen molar-refractivity contribution in [3.63, 3.8) is 0 Å². The molecule has 0 radical (unpaired) electrons. The zero-order valence-corrected chi connectivity index (χ0v) is 10.4. The van der Waals surface area contributed by atoms with Gasteiger partial charge >= 0.3 is 0 Å². The first-order chi connectivity index (χ1) is 7.83. The van der Waals surface area contributed by atoms with Crippen LogP contribution in [-0.2, 0) is 0 Å². The van der Waals surface area contributed by atoms with Crippen LogP contribution in [0.25, 0.3) is 0 Å². The molecule has 0 saturated heterocycles. The van der Waals surface area contributed by atoms with E-state index >= 15 is 0 Å². The molecule has 0 amide bonds. The van der Waals surface area contributed by atoms with Gasteiger partial charge in [-0.05, 0) is 19.3 Å². The van der Waals surface area contributed by atoms with Gasteiger partial charge in [0.15, 0.2) is 0 Å². The topological polar surface area (TPSA) is 38.9 Å². The Morgan fingerprint density at radius 2 is 2.06 bits per heavy atom. The molecule has 0 aliphatic heterocycles. The second kappa shape index (κ2) is 5.46. The summed E-state index contributed by atoms with van der Waals surface area (Å²) < 4.78 is 4.90. The number of rotatable bonds is 7. The Labute approximate surface area is 97.6 Å². The maximum Gasteiger partial charge on any atom is 0.111 e. The summed E-state index contributed by atoms with van der Waals surface area (Å²) in [7, 11) is 0. The standard InChI is InChI=1S/C13H22N2O/c1-3-4-5-6-7-10(2)12-13(11-8-9-11)15-16-14-12/h10-11H,3-9H2,1-2H3. The summed E-state index contributed by atoms with van der Waals surface area (Å²) in [6, 6.07) is 0. The van der Waals surface area contributed by atoms with Crippen molar-refractivity contribution in [3.05, 3.63) is 11.4 Å². The lowest BCUT2D eigenvalue weighted by Crippen LogP contribution is -1.98. The number of aromatic nitrogens is 2. The summed E-state index contributed by atoms with van der Waals surface area (Å²) in [4.78, 5) is 0. The molecule has 1 aliphatic carbocycles. The van der Waals surface area contributed by atoms with Crippen LogP contribution < -0.4 is 0 Å². The van der Waals surface area contributed by atoms with Gasteiger partial charge in [-0.25, -0.2) is 4.63 Å². The molecule has 1 heterocycles. The van der Waals surface area contributed by atoms with E-state index in [1.54, 1.807) is 0 Å². The summed E-state index contributed by atoms with van der Waals surface area (Å²) in [5, 5.41) is 8.15. The van der Waals surface area contributed by atoms with Crippen molar-refractivity contribution in [1.82, 2.24) is 10.3 Å². The molecule has 1 atom stereocenters. The van der Waals surface area contributed by atoms with Crippen LogP contribution in [0.1, 0.15) is 82.0 Å². The zero-order chi connectivity index (χ0) is 11.4. The van der Waals surface area contributed by atoms with Crippen LogP contribution in [0.15, 0.2) is 4.63 Å². The molecule has 3 nitrogen and oxygen atoms in total. The third-order valence-electron chi connectivity index (χ3n) is 3.46. The molecule has 1 fully saturated rings. The molecule has 1 aromatic heterocycles. The lowest BCUT2D eigenvalue weighted by molar-refractivity contribution is 0.298. The maximum atomic E-state index is 4.90. The SMILES string of the molecule is CCCCCCC(C)c1nonc1C1CC1. The van der Waals surface area contributed by atoms with E-state index in [-0.39, 0.29) is 0 Å². The molecular weight excluding hydrogens is 200 g/mol. The molecule has 0 bridgehead atoms. The third kappa shape index (κ3) is 2.83. The molecule has 3 heteroatoms. The van der Waals surface area contributed by atoms with Crippen LogP contribution in [0, 0.1) is 0 Å². The van der Waals surface area contributed by atoms with E-state index in [4.69, 9.17) is 4.63 Å². The summed E-state index contributed by atoms with van der Waals surface area (Å²) in [6.45, 7) is 4.49. The van der Waals surface area contributed by atoms with Crippen LogP contribution in [0.2, 0.25) is 0 Å². The summed E-state index contributed by atoms with van der Waals surface area (Å²) in [5.41, 5.74) is 2.27. The van der Waals surface area contributed by atoms with Crippen molar-refractivity contribution < 1.29 is 4.63 Å². The van der Waals surface area contributed by atoms with Crippen molar-refractivity contribution in [1.29, 1.82) is 0 Å². The van der Waals surface area contributed by atoms with Gasteiger partial charge in [0.05, 0.1) is 0 Å². The van der Waals surface area contributed by atoms with Crippen LogP contribution in [-0.4, -0.2) is 10.3 Å². The van der Waals surface area contributed by atoms with Crippen LogP contribution in [0.3, 0.4) is 0 Å². The van der Waals surface area contributed by atoms with Gasteiger partial charge in [-0.15, -0.1) is 0 Å². The molecule has 0 N–H and O–H groups in total. The Bertz CT molecular complexity index is 317. The Kier molecular flexibility index (Phi) is 3.97. The first kappa shape index (κ1) is 11.6. The van der Waals surface area contributed by atoms with Crippen molar-refractivity contribution in [2.75, 3.05) is 0 Å². The van der Waals surface area contributed by atoms with Gasteiger partial charge < -0.3 is 0 Å². The lowest BCUT2D eigenvalue weighted by atomic mass is 9.97. The van der Waals surface area contributed by atoms with E-state index in [2.05, 4.69) is 24.2 Å². The minimum atomic E-state index is 0.513. The van der Waals surface area contributed by atoms with Gasteiger partial charge in [0, 0.05) is 11.8 Å². The first-order valence-electron chi connectivity index (χ1n) is 6.65. The van der Waals surface area contributed by atoms with E-state index in [0.29, 0.717) is 11.8 Å². The molecule has 2 rings (SSSR count). The predicted octanol–water partition coefficient (Wildman–Crippen LogP) is 4.02. The minimum absolute atomic E-state index is 0.513. The summed E-state index contributed by atoms with van der Waals surface area (Å²) in [5.74, 6) is 1.16. The Balaban J connectivity index is 1.82. The smallest absolute Gasteiger partial charge is 0.111 e. The van der Waals surface area contributed by atoms with Crippen molar-refractivity contribution >= 4 is 0 Å². The van der Waals surface area contributed by atoms with Crippen molar-refractivity contribution in [2.24, 2.45) is 0 Å². The molecule has 1 aromatic rings. The highest BCUT2D eigenvalue weighted by Gasteiger charge is 2.31. The minimum Gasteiger partial charge on any atom is -0.244 e. The van der Waals surface area contributed by atoms with Crippen LogP contribution in [0.5, 0.6) is 0 Å². The Morgan fingerprint density at radius 1 is 1.25 bits per heavy atom. The van der Waals surface area contributed by atoms with Gasteiger partial charge in [0.1, 0.15) is 11.4 Å². The van der Waals surface area contributed by atoms with Gasteiger partial charge in [-0.2, -0.15) is 0 Å². The number of hydrogen-bond acceptors (Lipinski definition) is 3. The van der Waals surface area contributed by atoms with Crippen LogP contribution >= 0.6 is 0 Å². The number of hydrogen-bond donors (Lipinski definition) is 0. The van der Waals surface area contributed by atoms with E-state index in [1.165, 1.54) is 44.9 Å². The normalized spacial score (nSPS) is 17.6. The summed E-state index contributed by atoms with van der Waals surface area (Å²) in [6.07, 6.45) is 9.03. The van der Waals surface area contributed by atoms with Crippen molar-refractivity contribution in [3.8, 4) is 0 Å². The van der Waals surface area contributed by atoms with Gasteiger partial charge in [0.2, 0.25) is 0 Å². The van der Waals surface area contributed by atoms with Gasteiger partial charge in [-0.3, -0.25) is 0 Å². The van der Waals surface area contributed by atoms with Crippen LogP contribution in [0.4, 0.5) is 0 Å². The quantitative estimate of drug-likeness (QED) is 0.654. The average molecular weight is 222 g/mol. The van der Waals surface area contributed by atoms with E-state index in [1.807, 2.05) is 0 Å². The molecule has 90 valence electrons. The second-order valence-electron chi connectivity index (χ2n) is 5.06. The van der Waals surface area contributed by atoms with E-state index in [0.717, 1.165) is 11.4 Å². The Hall–Kier alpha value is -0.860. The lowest BCUT2D eigenvalue weighted by Gasteiger charge is -2.08. The third-order valence-corrected chi connectivity index (χ3v) is 3.46. The maximum absolute atomic E-state index is 4.90. The van der Waals surface area contributed by atoms with E-state index in [9.17, 15) is 0 Å². The number of nitrogens with zero attached hydrogens (tertiary/aromatic N) is 2. The van der Waals surface area contributed by atoms with Gasteiger partial charge in [0.25, 0.3) is 0 Å². The van der Waals surface area contributed by atoms with E-state index < -0.39 is 0 Å². The fourth-order valence-electron chi connectivity index (χ4n) is 2.20. The molecule has 0 spiro atoms. The fourth-order valence-corrected chi connectivity index (χ4v) is 2.20. The molecule has 0 aromatic carbocycles. The summed E-state index contributed by atoms with van der Waals surface area (Å²) >= 11 is 0. The average Bonchev–Trinajstić information content (AvgIpc) is 3.02. The highest BCUT2D eigenvalue weighted by molar-refractivity contribution is 5.21. The highest BCUT2D eigenvalue weighted by atomic mass is 16.6. The molecular formula is C13H22N2O. The van der Waals surface area contributed by atoms with Gasteiger partial charge in [-0.1, -0.05) is 49.8 Å². The molecule has 16 heavy (non-hydrogen) atoms. The predicted molar refractivity (Wildman–Crippen MR) is 63.4 cm³/mol. The monoisotopic (exact) mass is 222 g/mol. The molecule has 1 aliphatic rings. The molecule has 1 saturated carbocycles.